The van der Waals surface area contributed by atoms with Gasteiger partial charge in [0.25, 0.3) is 0 Å². The van der Waals surface area contributed by atoms with Crippen molar-refractivity contribution in [2.24, 2.45) is 7.05 Å². The third-order valence-electron chi connectivity index (χ3n) is 3.61. The van der Waals surface area contributed by atoms with E-state index in [4.69, 9.17) is 0 Å². The van der Waals surface area contributed by atoms with Gasteiger partial charge in [-0.05, 0) is 37.8 Å². The molecule has 0 amide bonds. The van der Waals surface area contributed by atoms with Gasteiger partial charge in [-0.15, -0.1) is 0 Å². The minimum atomic E-state index is 0.360. The van der Waals surface area contributed by atoms with Crippen LogP contribution in [0.5, 0.6) is 0 Å². The van der Waals surface area contributed by atoms with Crippen LogP contribution in [0.1, 0.15) is 43.6 Å². The Bertz CT molecular complexity index is 490. The molecule has 0 radical (unpaired) electrons. The van der Waals surface area contributed by atoms with Crippen molar-refractivity contribution >= 4 is 0 Å². The maximum absolute atomic E-state index is 4.50. The van der Waals surface area contributed by atoms with Crippen LogP contribution in [0.3, 0.4) is 0 Å². The Labute approximate surface area is 122 Å². The van der Waals surface area contributed by atoms with Crippen LogP contribution in [0.15, 0.2) is 42.7 Å². The van der Waals surface area contributed by atoms with Crippen molar-refractivity contribution in [3.05, 3.63) is 54.1 Å². The van der Waals surface area contributed by atoms with Crippen molar-refractivity contribution in [2.45, 2.75) is 38.6 Å². The topological polar surface area (TPSA) is 29.9 Å². The number of aryl methyl sites for hydroxylation is 2. The predicted molar refractivity (Wildman–Crippen MR) is 83.6 cm³/mol. The van der Waals surface area contributed by atoms with E-state index in [1.165, 1.54) is 12.0 Å². The maximum atomic E-state index is 4.50. The van der Waals surface area contributed by atoms with Crippen LogP contribution in [0.2, 0.25) is 0 Å². The molecule has 3 heteroatoms. The fourth-order valence-electron chi connectivity index (χ4n) is 2.51. The Morgan fingerprint density at radius 2 is 2.05 bits per heavy atom. The van der Waals surface area contributed by atoms with E-state index < -0.39 is 0 Å². The highest BCUT2D eigenvalue weighted by molar-refractivity contribution is 5.14. The van der Waals surface area contributed by atoms with Gasteiger partial charge in [0.2, 0.25) is 0 Å². The molecule has 2 rings (SSSR count). The van der Waals surface area contributed by atoms with Gasteiger partial charge in [-0.3, -0.25) is 0 Å². The quantitative estimate of drug-likeness (QED) is 0.796. The minimum Gasteiger partial charge on any atom is -0.337 e. The lowest BCUT2D eigenvalue weighted by Gasteiger charge is -2.18. The monoisotopic (exact) mass is 271 g/mol. The zero-order chi connectivity index (χ0) is 14.2. The summed E-state index contributed by atoms with van der Waals surface area (Å²) in [7, 11) is 2.07. The fourth-order valence-corrected chi connectivity index (χ4v) is 2.51. The lowest BCUT2D eigenvalue weighted by Crippen LogP contribution is -2.25. The second-order valence-electron chi connectivity index (χ2n) is 5.28. The molecule has 0 aliphatic rings. The zero-order valence-electron chi connectivity index (χ0n) is 12.5. The lowest BCUT2D eigenvalue weighted by atomic mass is 10.0. The van der Waals surface area contributed by atoms with E-state index in [1.807, 2.05) is 12.4 Å². The molecule has 0 fully saturated rings. The molecule has 1 heterocycles. The molecule has 1 aromatic heterocycles. The molecule has 0 saturated carbocycles. The summed E-state index contributed by atoms with van der Waals surface area (Å²) in [5.74, 6) is 1.14. The van der Waals surface area contributed by atoms with Crippen LogP contribution in [0, 0.1) is 0 Å². The molecule has 1 N–H and O–H groups in total. The number of nitrogens with one attached hydrogen (secondary N) is 1. The highest BCUT2D eigenvalue weighted by Crippen LogP contribution is 2.18. The van der Waals surface area contributed by atoms with Crippen LogP contribution in [-0.4, -0.2) is 16.1 Å². The van der Waals surface area contributed by atoms with Crippen molar-refractivity contribution in [3.8, 4) is 0 Å². The van der Waals surface area contributed by atoms with Crippen LogP contribution in [-0.2, 0) is 13.5 Å². The summed E-state index contributed by atoms with van der Waals surface area (Å²) < 4.78 is 2.12. The second-order valence-corrected chi connectivity index (χ2v) is 5.28. The summed E-state index contributed by atoms with van der Waals surface area (Å²) in [4.78, 5) is 4.50. The summed E-state index contributed by atoms with van der Waals surface area (Å²) in [5.41, 5.74) is 1.42. The first-order chi connectivity index (χ1) is 9.81. The van der Waals surface area contributed by atoms with Crippen molar-refractivity contribution < 1.29 is 0 Å². The largest absolute Gasteiger partial charge is 0.337 e. The standard InChI is InChI=1S/C17H25N3/c1-3-12-18-16(17-19-13-14-20(17)2)11-7-10-15-8-5-4-6-9-15/h4-6,8-9,13-14,16,18H,3,7,10-12H2,1-2H3. The molecule has 20 heavy (non-hydrogen) atoms. The van der Waals surface area contributed by atoms with E-state index in [0.717, 1.165) is 31.6 Å². The molecule has 1 atom stereocenters. The van der Waals surface area contributed by atoms with Gasteiger partial charge in [-0.1, -0.05) is 37.3 Å². The van der Waals surface area contributed by atoms with Gasteiger partial charge in [0.1, 0.15) is 5.82 Å². The smallest absolute Gasteiger partial charge is 0.125 e. The summed E-state index contributed by atoms with van der Waals surface area (Å²) in [6.07, 6.45) is 8.49. The van der Waals surface area contributed by atoms with Gasteiger partial charge in [-0.2, -0.15) is 0 Å². The van der Waals surface area contributed by atoms with E-state index in [2.05, 4.69) is 59.2 Å². The van der Waals surface area contributed by atoms with Crippen molar-refractivity contribution in [2.75, 3.05) is 6.54 Å². The maximum Gasteiger partial charge on any atom is 0.125 e. The first kappa shape index (κ1) is 14.8. The summed E-state index contributed by atoms with van der Waals surface area (Å²) >= 11 is 0. The Morgan fingerprint density at radius 3 is 2.70 bits per heavy atom. The Hall–Kier alpha value is -1.61. The average Bonchev–Trinajstić information content (AvgIpc) is 2.90. The number of hydrogen-bond acceptors (Lipinski definition) is 2. The van der Waals surface area contributed by atoms with Gasteiger partial charge >= 0.3 is 0 Å². The number of nitrogens with zero attached hydrogens (tertiary/aromatic N) is 2. The average molecular weight is 271 g/mol. The predicted octanol–water partition coefficient (Wildman–Crippen LogP) is 3.48. The van der Waals surface area contributed by atoms with Crippen molar-refractivity contribution in [1.29, 1.82) is 0 Å². The fraction of sp³-hybridized carbons (Fsp3) is 0.471. The van der Waals surface area contributed by atoms with Gasteiger partial charge in [0.15, 0.2) is 0 Å². The van der Waals surface area contributed by atoms with Gasteiger partial charge in [-0.25, -0.2) is 4.98 Å². The number of aromatic nitrogens is 2. The molecule has 3 nitrogen and oxygen atoms in total. The SMILES string of the molecule is CCCNC(CCCc1ccccc1)c1nccn1C. The molecular weight excluding hydrogens is 246 g/mol. The number of rotatable bonds is 8. The Morgan fingerprint density at radius 1 is 1.25 bits per heavy atom. The second kappa shape index (κ2) is 7.85. The summed E-state index contributed by atoms with van der Waals surface area (Å²) in [6.45, 7) is 3.25. The normalized spacial score (nSPS) is 12.5. The molecule has 0 aliphatic heterocycles. The summed E-state index contributed by atoms with van der Waals surface area (Å²) in [5, 5.41) is 3.62. The number of benzene rings is 1. The first-order valence-electron chi connectivity index (χ1n) is 7.55. The lowest BCUT2D eigenvalue weighted by molar-refractivity contribution is 0.453. The van der Waals surface area contributed by atoms with E-state index in [0.29, 0.717) is 6.04 Å². The Balaban J connectivity index is 1.89. The molecule has 0 bridgehead atoms. The zero-order valence-corrected chi connectivity index (χ0v) is 12.5. The molecular formula is C17H25N3. The molecule has 0 spiro atoms. The molecule has 0 saturated heterocycles. The number of hydrogen-bond donors (Lipinski definition) is 1. The van der Waals surface area contributed by atoms with Gasteiger partial charge < -0.3 is 9.88 Å². The molecule has 1 aromatic carbocycles. The van der Waals surface area contributed by atoms with Crippen LogP contribution < -0.4 is 5.32 Å². The third-order valence-corrected chi connectivity index (χ3v) is 3.61. The number of imidazole rings is 1. The first-order valence-corrected chi connectivity index (χ1v) is 7.55. The van der Waals surface area contributed by atoms with Crippen LogP contribution in [0.4, 0.5) is 0 Å². The molecule has 0 aliphatic carbocycles. The van der Waals surface area contributed by atoms with E-state index >= 15 is 0 Å². The van der Waals surface area contributed by atoms with Gasteiger partial charge in [0, 0.05) is 19.4 Å². The van der Waals surface area contributed by atoms with E-state index in [1.54, 1.807) is 0 Å². The van der Waals surface area contributed by atoms with Crippen LogP contribution in [0.25, 0.3) is 0 Å². The van der Waals surface area contributed by atoms with Gasteiger partial charge in [0.05, 0.1) is 6.04 Å². The third kappa shape index (κ3) is 4.20. The molecule has 2 aromatic rings. The minimum absolute atomic E-state index is 0.360. The van der Waals surface area contributed by atoms with E-state index in [9.17, 15) is 0 Å². The van der Waals surface area contributed by atoms with Crippen molar-refractivity contribution in [3.63, 3.8) is 0 Å². The van der Waals surface area contributed by atoms with Crippen LogP contribution >= 0.6 is 0 Å². The van der Waals surface area contributed by atoms with Crippen molar-refractivity contribution in [1.82, 2.24) is 14.9 Å². The highest BCUT2D eigenvalue weighted by atomic mass is 15.1. The molecule has 1 unspecified atom stereocenters. The summed E-state index contributed by atoms with van der Waals surface area (Å²) in [6, 6.07) is 11.1. The van der Waals surface area contributed by atoms with E-state index in [-0.39, 0.29) is 0 Å². The Kier molecular flexibility index (Phi) is 5.81. The molecule has 108 valence electrons. The highest BCUT2D eigenvalue weighted by Gasteiger charge is 2.14.